The van der Waals surface area contributed by atoms with Crippen LogP contribution in [-0.4, -0.2) is 64.2 Å². The highest BCUT2D eigenvalue weighted by molar-refractivity contribution is 6.30. The average molecular weight is 570 g/mol. The minimum atomic E-state index is -1.19. The van der Waals surface area contributed by atoms with E-state index in [-0.39, 0.29) is 18.4 Å². The molecule has 3 N–H and O–H groups in total. The maximum atomic E-state index is 14.2. The van der Waals surface area contributed by atoms with E-state index >= 15 is 0 Å². The number of hydrogen-bond acceptors (Lipinski definition) is 6. The lowest BCUT2D eigenvalue weighted by atomic mass is 9.65. The van der Waals surface area contributed by atoms with Crippen LogP contribution in [0.2, 0.25) is 5.02 Å². The van der Waals surface area contributed by atoms with E-state index in [1.807, 2.05) is 20.8 Å². The third-order valence-electron chi connectivity index (χ3n) is 8.77. The summed E-state index contributed by atoms with van der Waals surface area (Å²) in [4.78, 5) is 43.6. The predicted molar refractivity (Wildman–Crippen MR) is 151 cm³/mol. The summed E-state index contributed by atoms with van der Waals surface area (Å²) in [6.07, 6.45) is 1.96. The van der Waals surface area contributed by atoms with E-state index in [1.165, 1.54) is 4.90 Å². The van der Waals surface area contributed by atoms with Gasteiger partial charge in [0.05, 0.1) is 36.7 Å². The number of aliphatic hydroxyl groups is 1. The Morgan fingerprint density at radius 3 is 2.25 bits per heavy atom. The number of likely N-dealkylation sites (tertiary alicyclic amines) is 1. The quantitative estimate of drug-likeness (QED) is 0.394. The van der Waals surface area contributed by atoms with Gasteiger partial charge in [0, 0.05) is 16.4 Å². The first kappa shape index (κ1) is 28.4. The molecule has 1 spiro atoms. The van der Waals surface area contributed by atoms with Crippen molar-refractivity contribution in [2.24, 2.45) is 11.8 Å². The Morgan fingerprint density at radius 2 is 1.68 bits per heavy atom. The van der Waals surface area contributed by atoms with Crippen LogP contribution in [0, 0.1) is 11.8 Å². The number of carbonyl (C=O) groups excluding carboxylic acids is 3. The second-order valence-corrected chi connectivity index (χ2v) is 11.2. The van der Waals surface area contributed by atoms with Crippen molar-refractivity contribution in [3.63, 3.8) is 0 Å². The van der Waals surface area contributed by atoms with Gasteiger partial charge in [-0.3, -0.25) is 14.4 Å². The SMILES string of the molecule is CCOc1ccc(NC(=O)[C@H]2[C@H]3C(=O)N([C@@H](CC)CO)C(C(=O)Nc4ccc(Cl)cc4)C34CC[C@]2(CC)O4)cc1. The van der Waals surface area contributed by atoms with Crippen molar-refractivity contribution < 1.29 is 29.0 Å². The first-order chi connectivity index (χ1) is 19.2. The molecule has 0 radical (unpaired) electrons. The van der Waals surface area contributed by atoms with Crippen LogP contribution >= 0.6 is 11.6 Å². The molecule has 2 unspecified atom stereocenters. The summed E-state index contributed by atoms with van der Waals surface area (Å²) in [7, 11) is 0. The molecule has 3 heterocycles. The highest BCUT2D eigenvalue weighted by Gasteiger charge is 2.79. The van der Waals surface area contributed by atoms with Gasteiger partial charge in [0.1, 0.15) is 17.4 Å². The Bertz CT molecular complexity index is 1270. The molecule has 3 aliphatic heterocycles. The molecule has 3 amide bonds. The van der Waals surface area contributed by atoms with Gasteiger partial charge in [-0.2, -0.15) is 0 Å². The predicted octanol–water partition coefficient (Wildman–Crippen LogP) is 4.24. The number of ether oxygens (including phenoxy) is 2. The van der Waals surface area contributed by atoms with E-state index in [0.717, 1.165) is 0 Å². The third kappa shape index (κ3) is 4.54. The number of halogens is 1. The van der Waals surface area contributed by atoms with E-state index in [9.17, 15) is 19.5 Å². The normalized spacial score (nSPS) is 29.3. The monoisotopic (exact) mass is 569 g/mol. The van der Waals surface area contributed by atoms with Gasteiger partial charge in [-0.25, -0.2) is 0 Å². The Kier molecular flexibility index (Phi) is 7.83. The third-order valence-corrected chi connectivity index (χ3v) is 9.02. The van der Waals surface area contributed by atoms with Gasteiger partial charge in [0.25, 0.3) is 0 Å². The minimum absolute atomic E-state index is 0.308. The molecule has 0 aliphatic carbocycles. The maximum Gasteiger partial charge on any atom is 0.250 e. The van der Waals surface area contributed by atoms with Crippen molar-refractivity contribution in [3.05, 3.63) is 53.6 Å². The zero-order valence-corrected chi connectivity index (χ0v) is 23.7. The molecule has 10 heteroatoms. The highest BCUT2D eigenvalue weighted by atomic mass is 35.5. The van der Waals surface area contributed by atoms with E-state index in [4.69, 9.17) is 21.1 Å². The van der Waals surface area contributed by atoms with Crippen molar-refractivity contribution in [1.29, 1.82) is 0 Å². The molecule has 0 aromatic heterocycles. The van der Waals surface area contributed by atoms with E-state index in [0.29, 0.717) is 54.4 Å². The molecular formula is C30H36ClN3O6. The van der Waals surface area contributed by atoms with Gasteiger partial charge in [-0.05, 0) is 81.1 Å². The van der Waals surface area contributed by atoms with E-state index < -0.39 is 41.0 Å². The molecule has 2 aromatic carbocycles. The van der Waals surface area contributed by atoms with Crippen LogP contribution in [0.4, 0.5) is 11.4 Å². The molecule has 214 valence electrons. The molecular weight excluding hydrogens is 534 g/mol. The topological polar surface area (TPSA) is 117 Å². The number of nitrogens with one attached hydrogen (secondary N) is 2. The summed E-state index contributed by atoms with van der Waals surface area (Å²) in [5.41, 5.74) is -0.951. The fraction of sp³-hybridized carbons (Fsp3) is 0.500. The Morgan fingerprint density at radius 1 is 1.05 bits per heavy atom. The summed E-state index contributed by atoms with van der Waals surface area (Å²) in [5.74, 6) is -2.02. The molecule has 2 bridgehead atoms. The fourth-order valence-electron chi connectivity index (χ4n) is 6.93. The molecule has 40 heavy (non-hydrogen) atoms. The summed E-state index contributed by atoms with van der Waals surface area (Å²) < 4.78 is 12.3. The summed E-state index contributed by atoms with van der Waals surface area (Å²) in [6.45, 7) is 5.93. The molecule has 0 saturated carbocycles. The number of hydrogen-bond donors (Lipinski definition) is 3. The van der Waals surface area contributed by atoms with Crippen molar-refractivity contribution in [3.8, 4) is 5.75 Å². The second-order valence-electron chi connectivity index (χ2n) is 10.8. The number of aliphatic hydroxyl groups excluding tert-OH is 1. The zero-order chi connectivity index (χ0) is 28.7. The van der Waals surface area contributed by atoms with E-state index in [1.54, 1.807) is 48.5 Å². The molecule has 5 rings (SSSR count). The minimum Gasteiger partial charge on any atom is -0.494 e. The average Bonchev–Trinajstić information content (AvgIpc) is 3.56. The van der Waals surface area contributed by atoms with Gasteiger partial charge in [-0.15, -0.1) is 0 Å². The molecule has 3 saturated heterocycles. The number of carbonyl (C=O) groups is 3. The summed E-state index contributed by atoms with van der Waals surface area (Å²) >= 11 is 6.02. The molecule has 2 aromatic rings. The van der Waals surface area contributed by atoms with Crippen LogP contribution in [-0.2, 0) is 19.1 Å². The summed E-state index contributed by atoms with van der Waals surface area (Å²) in [5, 5.41) is 16.6. The Hall–Kier alpha value is -3.14. The second kappa shape index (κ2) is 11.0. The Labute approximate surface area is 239 Å². The van der Waals surface area contributed by atoms with Crippen LogP contribution in [0.5, 0.6) is 5.75 Å². The lowest BCUT2D eigenvalue weighted by Gasteiger charge is -2.37. The molecule has 9 nitrogen and oxygen atoms in total. The first-order valence-electron chi connectivity index (χ1n) is 14.0. The standard InChI is InChI=1S/C30H36ClN3O6/c1-4-21(17-35)34-25(27(37)33-19-9-7-18(31)8-10-19)30-16-15-29(5-2,40-30)23(24(30)28(34)38)26(36)32-20-11-13-22(14-12-20)39-6-3/h7-14,21,23-25,35H,4-6,15-17H2,1-3H3,(H,32,36)(H,33,37)/t21-,23+,24-,25?,29-,30?/m0/s1. The number of fused-ring (bicyclic) bond motifs is 1. The van der Waals surface area contributed by atoms with Crippen LogP contribution in [0.3, 0.4) is 0 Å². The van der Waals surface area contributed by atoms with Gasteiger partial charge in [0.15, 0.2) is 0 Å². The van der Waals surface area contributed by atoms with Gasteiger partial charge in [-0.1, -0.05) is 25.4 Å². The van der Waals surface area contributed by atoms with Crippen molar-refractivity contribution in [2.75, 3.05) is 23.8 Å². The number of benzene rings is 2. The Balaban J connectivity index is 1.50. The maximum absolute atomic E-state index is 14.2. The van der Waals surface area contributed by atoms with Crippen LogP contribution in [0.15, 0.2) is 48.5 Å². The van der Waals surface area contributed by atoms with Crippen molar-refractivity contribution in [2.45, 2.75) is 69.7 Å². The van der Waals surface area contributed by atoms with Crippen LogP contribution in [0.25, 0.3) is 0 Å². The van der Waals surface area contributed by atoms with Crippen LogP contribution in [0.1, 0.15) is 46.5 Å². The van der Waals surface area contributed by atoms with Gasteiger partial charge >= 0.3 is 0 Å². The number of anilines is 2. The fourth-order valence-corrected chi connectivity index (χ4v) is 7.05. The van der Waals surface area contributed by atoms with Gasteiger partial charge < -0.3 is 30.1 Å². The van der Waals surface area contributed by atoms with Gasteiger partial charge in [0.2, 0.25) is 17.7 Å². The van der Waals surface area contributed by atoms with Crippen LogP contribution < -0.4 is 15.4 Å². The largest absolute Gasteiger partial charge is 0.494 e. The lowest BCUT2D eigenvalue weighted by Crippen LogP contribution is -2.56. The van der Waals surface area contributed by atoms with Crippen molar-refractivity contribution >= 4 is 40.7 Å². The lowest BCUT2D eigenvalue weighted by molar-refractivity contribution is -0.148. The zero-order valence-electron chi connectivity index (χ0n) is 23.0. The number of rotatable bonds is 10. The number of amides is 3. The highest BCUT2D eigenvalue weighted by Crippen LogP contribution is 2.64. The smallest absolute Gasteiger partial charge is 0.250 e. The van der Waals surface area contributed by atoms with Crippen molar-refractivity contribution in [1.82, 2.24) is 4.90 Å². The molecule has 3 aliphatic rings. The first-order valence-corrected chi connectivity index (χ1v) is 14.3. The molecule has 6 atom stereocenters. The van der Waals surface area contributed by atoms with E-state index in [2.05, 4.69) is 10.6 Å². The summed E-state index contributed by atoms with van der Waals surface area (Å²) in [6, 6.07) is 12.2. The number of nitrogens with zero attached hydrogens (tertiary/aromatic N) is 1. The molecule has 3 fully saturated rings.